The molecule has 1 rings (SSSR count). The summed E-state index contributed by atoms with van der Waals surface area (Å²) in [6.45, 7) is 6.13. The summed E-state index contributed by atoms with van der Waals surface area (Å²) in [5.41, 5.74) is 0. The Kier molecular flexibility index (Phi) is 8.16. The molecule has 0 radical (unpaired) electrons. The Morgan fingerprint density at radius 3 is 2.47 bits per heavy atom. The van der Waals surface area contributed by atoms with E-state index in [1.807, 2.05) is 0 Å². The number of carbonyl (C=O) groups excluding carboxylic acids is 1. The molecule has 0 heterocycles. The summed E-state index contributed by atoms with van der Waals surface area (Å²) in [5.74, 6) is 1.31. The summed E-state index contributed by atoms with van der Waals surface area (Å²) >= 11 is 0. The minimum Gasteiger partial charge on any atom is -0.462 e. The molecule has 0 N–H and O–H groups in total. The van der Waals surface area contributed by atoms with Gasteiger partial charge in [-0.15, -0.1) is 0 Å². The summed E-state index contributed by atoms with van der Waals surface area (Å²) in [6.07, 6.45) is 13.1. The number of unbranched alkanes of at least 4 members (excludes halogenated alkanes) is 5. The Hall–Kier alpha value is -0.530. The van der Waals surface area contributed by atoms with Crippen LogP contribution in [0, 0.1) is 11.8 Å². The van der Waals surface area contributed by atoms with Crippen molar-refractivity contribution in [3.63, 3.8) is 0 Å². The number of hydrogen-bond donors (Lipinski definition) is 0. The zero-order valence-electron chi connectivity index (χ0n) is 13.1. The van der Waals surface area contributed by atoms with Crippen molar-refractivity contribution in [1.29, 1.82) is 0 Å². The molecule has 3 atom stereocenters. The van der Waals surface area contributed by atoms with Crippen molar-refractivity contribution in [1.82, 2.24) is 0 Å². The van der Waals surface area contributed by atoms with Gasteiger partial charge in [0.1, 0.15) is 6.10 Å². The van der Waals surface area contributed by atoms with E-state index in [-0.39, 0.29) is 12.1 Å². The number of ether oxygens (including phenoxy) is 1. The van der Waals surface area contributed by atoms with Gasteiger partial charge in [0.25, 0.3) is 0 Å². The van der Waals surface area contributed by atoms with Gasteiger partial charge in [-0.05, 0) is 37.5 Å². The SMILES string of the molecule is CCCCCCCC[C@@H]1C[C@H](C)CC[C@@H]1OC(C)=O. The fourth-order valence-electron chi connectivity index (χ4n) is 3.33. The van der Waals surface area contributed by atoms with E-state index in [1.165, 1.54) is 57.8 Å². The summed E-state index contributed by atoms with van der Waals surface area (Å²) in [4.78, 5) is 11.2. The predicted molar refractivity (Wildman–Crippen MR) is 80.1 cm³/mol. The predicted octanol–water partition coefficient (Wildman–Crippen LogP) is 5.10. The summed E-state index contributed by atoms with van der Waals surface area (Å²) in [6, 6.07) is 0. The molecule has 1 saturated carbocycles. The highest BCUT2D eigenvalue weighted by Gasteiger charge is 2.30. The van der Waals surface area contributed by atoms with Crippen LogP contribution in [0.5, 0.6) is 0 Å². The molecule has 1 aliphatic carbocycles. The van der Waals surface area contributed by atoms with Gasteiger partial charge in [-0.1, -0.05) is 52.4 Å². The van der Waals surface area contributed by atoms with Gasteiger partial charge >= 0.3 is 5.97 Å². The lowest BCUT2D eigenvalue weighted by Gasteiger charge is -2.34. The number of rotatable bonds is 8. The van der Waals surface area contributed by atoms with Crippen LogP contribution in [0.1, 0.15) is 85.0 Å². The molecule has 0 aliphatic heterocycles. The molecule has 19 heavy (non-hydrogen) atoms. The van der Waals surface area contributed by atoms with Gasteiger partial charge in [-0.2, -0.15) is 0 Å². The monoisotopic (exact) mass is 268 g/mol. The molecule has 112 valence electrons. The molecule has 0 unspecified atom stereocenters. The van der Waals surface area contributed by atoms with Gasteiger partial charge in [0.2, 0.25) is 0 Å². The van der Waals surface area contributed by atoms with Crippen molar-refractivity contribution in [2.75, 3.05) is 0 Å². The van der Waals surface area contributed by atoms with E-state index >= 15 is 0 Å². The van der Waals surface area contributed by atoms with E-state index in [0.717, 1.165) is 12.3 Å². The van der Waals surface area contributed by atoms with E-state index in [2.05, 4.69) is 13.8 Å². The fourth-order valence-corrected chi connectivity index (χ4v) is 3.33. The van der Waals surface area contributed by atoms with Crippen LogP contribution in [-0.2, 0) is 9.53 Å². The Labute approximate surface area is 119 Å². The first kappa shape index (κ1) is 16.5. The molecule has 0 amide bonds. The minimum absolute atomic E-state index is 0.104. The maximum absolute atomic E-state index is 11.2. The second-order valence-electron chi connectivity index (χ2n) is 6.38. The molecule has 0 spiro atoms. The van der Waals surface area contributed by atoms with Crippen molar-refractivity contribution in [2.24, 2.45) is 11.8 Å². The van der Waals surface area contributed by atoms with E-state index in [0.29, 0.717) is 5.92 Å². The lowest BCUT2D eigenvalue weighted by molar-refractivity contribution is -0.151. The number of hydrogen-bond acceptors (Lipinski definition) is 2. The van der Waals surface area contributed by atoms with Gasteiger partial charge in [0.05, 0.1) is 0 Å². The summed E-state index contributed by atoms with van der Waals surface area (Å²) in [7, 11) is 0. The average Bonchev–Trinajstić information content (AvgIpc) is 2.36. The Morgan fingerprint density at radius 2 is 1.79 bits per heavy atom. The average molecular weight is 268 g/mol. The van der Waals surface area contributed by atoms with Crippen molar-refractivity contribution >= 4 is 5.97 Å². The molecule has 0 saturated heterocycles. The molecule has 2 heteroatoms. The van der Waals surface area contributed by atoms with Crippen LogP contribution >= 0.6 is 0 Å². The van der Waals surface area contributed by atoms with Crippen LogP contribution in [-0.4, -0.2) is 12.1 Å². The Bertz CT molecular complexity index is 250. The fraction of sp³-hybridized carbons (Fsp3) is 0.941. The normalized spacial score (nSPS) is 27.2. The van der Waals surface area contributed by atoms with Crippen molar-refractivity contribution in [2.45, 2.75) is 91.1 Å². The van der Waals surface area contributed by atoms with Gasteiger partial charge in [0, 0.05) is 6.92 Å². The molecule has 0 aromatic carbocycles. The van der Waals surface area contributed by atoms with Crippen molar-refractivity contribution in [3.8, 4) is 0 Å². The minimum atomic E-state index is -0.104. The van der Waals surface area contributed by atoms with E-state index in [1.54, 1.807) is 6.92 Å². The molecule has 2 nitrogen and oxygen atoms in total. The molecule has 1 fully saturated rings. The maximum atomic E-state index is 11.2. The largest absolute Gasteiger partial charge is 0.462 e. The van der Waals surface area contributed by atoms with E-state index in [9.17, 15) is 4.79 Å². The molecular weight excluding hydrogens is 236 g/mol. The molecule has 0 aromatic heterocycles. The van der Waals surface area contributed by atoms with Gasteiger partial charge in [-0.25, -0.2) is 0 Å². The van der Waals surface area contributed by atoms with Crippen LogP contribution in [0.4, 0.5) is 0 Å². The molecule has 0 aromatic rings. The molecule has 0 bridgehead atoms. The first-order valence-electron chi connectivity index (χ1n) is 8.30. The third-order valence-electron chi connectivity index (χ3n) is 4.42. The third-order valence-corrected chi connectivity index (χ3v) is 4.42. The third kappa shape index (κ3) is 6.98. The lowest BCUT2D eigenvalue weighted by Crippen LogP contribution is -2.32. The van der Waals surface area contributed by atoms with Crippen LogP contribution in [0.3, 0.4) is 0 Å². The van der Waals surface area contributed by atoms with E-state index in [4.69, 9.17) is 4.74 Å². The second-order valence-corrected chi connectivity index (χ2v) is 6.38. The first-order valence-corrected chi connectivity index (χ1v) is 8.30. The first-order chi connectivity index (χ1) is 9.13. The Morgan fingerprint density at radius 1 is 1.11 bits per heavy atom. The second kappa shape index (κ2) is 9.39. The summed E-state index contributed by atoms with van der Waals surface area (Å²) in [5, 5.41) is 0. The van der Waals surface area contributed by atoms with Gasteiger partial charge in [-0.3, -0.25) is 4.79 Å². The van der Waals surface area contributed by atoms with Crippen LogP contribution in [0.2, 0.25) is 0 Å². The zero-order valence-corrected chi connectivity index (χ0v) is 13.1. The van der Waals surface area contributed by atoms with Crippen LogP contribution in [0.15, 0.2) is 0 Å². The quantitative estimate of drug-likeness (QED) is 0.452. The summed E-state index contributed by atoms with van der Waals surface area (Å²) < 4.78 is 5.51. The Balaban J connectivity index is 2.24. The van der Waals surface area contributed by atoms with Gasteiger partial charge < -0.3 is 4.74 Å². The van der Waals surface area contributed by atoms with Crippen molar-refractivity contribution < 1.29 is 9.53 Å². The molecular formula is C17H32O2. The van der Waals surface area contributed by atoms with Crippen LogP contribution in [0.25, 0.3) is 0 Å². The number of carbonyl (C=O) groups is 1. The standard InChI is InChI=1S/C17H32O2/c1-4-5-6-7-8-9-10-16-13-14(2)11-12-17(16)19-15(3)18/h14,16-17H,4-13H2,1-3H3/t14-,16-,17+/m1/s1. The highest BCUT2D eigenvalue weighted by Crippen LogP contribution is 2.34. The lowest BCUT2D eigenvalue weighted by atomic mass is 9.78. The topological polar surface area (TPSA) is 26.3 Å². The van der Waals surface area contributed by atoms with E-state index < -0.39 is 0 Å². The smallest absolute Gasteiger partial charge is 0.302 e. The highest BCUT2D eigenvalue weighted by atomic mass is 16.5. The molecule has 1 aliphatic rings. The van der Waals surface area contributed by atoms with Gasteiger partial charge in [0.15, 0.2) is 0 Å². The highest BCUT2D eigenvalue weighted by molar-refractivity contribution is 5.66. The number of esters is 1. The van der Waals surface area contributed by atoms with Crippen molar-refractivity contribution in [3.05, 3.63) is 0 Å². The maximum Gasteiger partial charge on any atom is 0.302 e. The zero-order chi connectivity index (χ0) is 14.1. The van der Waals surface area contributed by atoms with Crippen LogP contribution < -0.4 is 0 Å².